The van der Waals surface area contributed by atoms with Gasteiger partial charge in [-0.25, -0.2) is 4.39 Å². The molecule has 2 aromatic carbocycles. The van der Waals surface area contributed by atoms with Crippen LogP contribution in [-0.2, 0) is 17.6 Å². The van der Waals surface area contributed by atoms with Crippen molar-refractivity contribution >= 4 is 5.78 Å². The van der Waals surface area contributed by atoms with Crippen molar-refractivity contribution in [3.63, 3.8) is 0 Å². The number of ketones is 1. The highest BCUT2D eigenvalue weighted by Crippen LogP contribution is 2.14. The molecule has 0 unspecified atom stereocenters. The van der Waals surface area contributed by atoms with Gasteiger partial charge in [-0.3, -0.25) is 4.79 Å². The van der Waals surface area contributed by atoms with E-state index in [9.17, 15) is 9.18 Å². The lowest BCUT2D eigenvalue weighted by Crippen LogP contribution is -2.08. The van der Waals surface area contributed by atoms with Crippen LogP contribution in [0.2, 0.25) is 0 Å². The summed E-state index contributed by atoms with van der Waals surface area (Å²) in [5, 5.41) is 0. The molecule has 0 spiro atoms. The lowest BCUT2D eigenvalue weighted by molar-refractivity contribution is -0.117. The molecule has 0 aliphatic heterocycles. The van der Waals surface area contributed by atoms with Crippen LogP contribution in [0.1, 0.15) is 27.8 Å². The zero-order chi connectivity index (χ0) is 14.7. The van der Waals surface area contributed by atoms with Crippen molar-refractivity contribution in [1.82, 2.24) is 0 Å². The van der Waals surface area contributed by atoms with Crippen LogP contribution in [0.25, 0.3) is 0 Å². The predicted molar refractivity (Wildman–Crippen MR) is 79.5 cm³/mol. The summed E-state index contributed by atoms with van der Waals surface area (Å²) >= 11 is 0. The van der Waals surface area contributed by atoms with E-state index < -0.39 is 0 Å². The first kappa shape index (κ1) is 14.4. The fourth-order valence-corrected chi connectivity index (χ4v) is 2.27. The molecule has 20 heavy (non-hydrogen) atoms. The molecule has 0 radical (unpaired) electrons. The van der Waals surface area contributed by atoms with Crippen molar-refractivity contribution < 1.29 is 9.18 Å². The van der Waals surface area contributed by atoms with Gasteiger partial charge in [0.1, 0.15) is 11.6 Å². The van der Waals surface area contributed by atoms with E-state index in [0.717, 1.165) is 16.7 Å². The van der Waals surface area contributed by atoms with Crippen molar-refractivity contribution in [1.29, 1.82) is 0 Å². The van der Waals surface area contributed by atoms with Gasteiger partial charge in [0.05, 0.1) is 0 Å². The zero-order valence-electron chi connectivity index (χ0n) is 12.2. The van der Waals surface area contributed by atoms with E-state index in [1.54, 1.807) is 6.07 Å². The number of aryl methyl sites for hydroxylation is 3. The molecule has 0 saturated carbocycles. The zero-order valence-corrected chi connectivity index (χ0v) is 12.2. The number of halogens is 1. The SMILES string of the molecule is Cc1ccc(CC(=O)Cc2ccc(F)cc2C)cc1C. The Balaban J connectivity index is 2.07. The third-order valence-electron chi connectivity index (χ3n) is 3.66. The van der Waals surface area contributed by atoms with Crippen LogP contribution in [0.3, 0.4) is 0 Å². The third-order valence-corrected chi connectivity index (χ3v) is 3.66. The molecule has 0 amide bonds. The molecular formula is C18H19FO. The summed E-state index contributed by atoms with van der Waals surface area (Å²) in [6.07, 6.45) is 0.789. The van der Waals surface area contributed by atoms with E-state index in [1.165, 1.54) is 23.3 Å². The molecule has 0 fully saturated rings. The van der Waals surface area contributed by atoms with E-state index >= 15 is 0 Å². The molecule has 0 aliphatic carbocycles. The van der Waals surface area contributed by atoms with Crippen molar-refractivity contribution in [2.24, 2.45) is 0 Å². The standard InChI is InChI=1S/C18H19FO/c1-12-4-5-15(8-13(12)2)10-18(20)11-16-6-7-17(19)9-14(16)3/h4-9H,10-11H2,1-3H3. The first-order chi connectivity index (χ1) is 9.45. The summed E-state index contributed by atoms with van der Waals surface area (Å²) in [6, 6.07) is 10.7. The number of carbonyl (C=O) groups is 1. The van der Waals surface area contributed by atoms with E-state index in [4.69, 9.17) is 0 Å². The van der Waals surface area contributed by atoms with Crippen molar-refractivity contribution in [3.8, 4) is 0 Å². The van der Waals surface area contributed by atoms with Crippen molar-refractivity contribution in [2.75, 3.05) is 0 Å². The normalized spacial score (nSPS) is 10.6. The van der Waals surface area contributed by atoms with E-state index in [1.807, 2.05) is 26.0 Å². The quantitative estimate of drug-likeness (QED) is 0.817. The maximum Gasteiger partial charge on any atom is 0.141 e. The minimum atomic E-state index is -0.257. The van der Waals surface area contributed by atoms with E-state index in [0.29, 0.717) is 12.8 Å². The number of hydrogen-bond donors (Lipinski definition) is 0. The highest BCUT2D eigenvalue weighted by Gasteiger charge is 2.08. The fraction of sp³-hybridized carbons (Fsp3) is 0.278. The molecule has 0 aliphatic rings. The lowest BCUT2D eigenvalue weighted by atomic mass is 9.98. The Morgan fingerprint density at radius 1 is 0.900 bits per heavy atom. The number of Topliss-reactive ketones (excluding diaryl/α,β-unsaturated/α-hetero) is 1. The Morgan fingerprint density at radius 3 is 2.30 bits per heavy atom. The molecule has 2 rings (SSSR count). The van der Waals surface area contributed by atoms with Gasteiger partial charge in [0, 0.05) is 12.8 Å². The minimum Gasteiger partial charge on any atom is -0.299 e. The van der Waals surface area contributed by atoms with Crippen LogP contribution in [0.5, 0.6) is 0 Å². The summed E-state index contributed by atoms with van der Waals surface area (Å²) in [7, 11) is 0. The Hall–Kier alpha value is -1.96. The van der Waals surface area contributed by atoms with Gasteiger partial charge >= 0.3 is 0 Å². The number of carbonyl (C=O) groups excluding carboxylic acids is 1. The number of rotatable bonds is 4. The first-order valence-electron chi connectivity index (χ1n) is 6.78. The number of benzene rings is 2. The highest BCUT2D eigenvalue weighted by atomic mass is 19.1. The van der Waals surface area contributed by atoms with Gasteiger partial charge in [0.15, 0.2) is 0 Å². The average molecular weight is 270 g/mol. The predicted octanol–water partition coefficient (Wildman–Crippen LogP) is 4.11. The smallest absolute Gasteiger partial charge is 0.141 e. The highest BCUT2D eigenvalue weighted by molar-refractivity contribution is 5.83. The largest absolute Gasteiger partial charge is 0.299 e. The van der Waals surface area contributed by atoms with Crippen LogP contribution in [0.15, 0.2) is 36.4 Å². The summed E-state index contributed by atoms with van der Waals surface area (Å²) in [4.78, 5) is 12.1. The Kier molecular flexibility index (Phi) is 4.33. The van der Waals surface area contributed by atoms with Crippen molar-refractivity contribution in [3.05, 3.63) is 70.0 Å². The van der Waals surface area contributed by atoms with Crippen LogP contribution in [-0.4, -0.2) is 5.78 Å². The molecule has 0 N–H and O–H groups in total. The molecule has 0 saturated heterocycles. The van der Waals surface area contributed by atoms with Gasteiger partial charge in [0.25, 0.3) is 0 Å². The molecule has 0 aromatic heterocycles. The molecular weight excluding hydrogens is 251 g/mol. The fourth-order valence-electron chi connectivity index (χ4n) is 2.27. The number of hydrogen-bond acceptors (Lipinski definition) is 1. The average Bonchev–Trinajstić information content (AvgIpc) is 2.37. The van der Waals surface area contributed by atoms with Gasteiger partial charge < -0.3 is 0 Å². The molecule has 0 bridgehead atoms. The summed E-state index contributed by atoms with van der Waals surface area (Å²) in [6.45, 7) is 5.94. The Bertz CT molecular complexity index is 644. The molecule has 1 nitrogen and oxygen atoms in total. The molecule has 2 aromatic rings. The van der Waals surface area contributed by atoms with Gasteiger partial charge in [-0.05, 0) is 60.7 Å². The second-order valence-electron chi connectivity index (χ2n) is 5.38. The summed E-state index contributed by atoms with van der Waals surface area (Å²) in [5.74, 6) is -0.101. The van der Waals surface area contributed by atoms with Gasteiger partial charge in [-0.15, -0.1) is 0 Å². The van der Waals surface area contributed by atoms with Crippen LogP contribution >= 0.6 is 0 Å². The third kappa shape index (κ3) is 3.53. The van der Waals surface area contributed by atoms with E-state index in [-0.39, 0.29) is 11.6 Å². The van der Waals surface area contributed by atoms with Crippen LogP contribution < -0.4 is 0 Å². The molecule has 2 heteroatoms. The first-order valence-corrected chi connectivity index (χ1v) is 6.78. The van der Waals surface area contributed by atoms with Gasteiger partial charge in [-0.2, -0.15) is 0 Å². The van der Waals surface area contributed by atoms with Crippen LogP contribution in [0.4, 0.5) is 4.39 Å². The van der Waals surface area contributed by atoms with E-state index in [2.05, 4.69) is 13.0 Å². The van der Waals surface area contributed by atoms with Crippen molar-refractivity contribution in [2.45, 2.75) is 33.6 Å². The Morgan fingerprint density at radius 2 is 1.65 bits per heavy atom. The topological polar surface area (TPSA) is 17.1 Å². The second kappa shape index (κ2) is 6.00. The molecule has 104 valence electrons. The maximum absolute atomic E-state index is 13.0. The summed E-state index contributed by atoms with van der Waals surface area (Å²) in [5.41, 5.74) is 5.21. The maximum atomic E-state index is 13.0. The monoisotopic (exact) mass is 270 g/mol. The Labute approximate surface area is 119 Å². The lowest BCUT2D eigenvalue weighted by Gasteiger charge is -2.07. The minimum absolute atomic E-state index is 0.156. The second-order valence-corrected chi connectivity index (χ2v) is 5.38. The summed E-state index contributed by atoms with van der Waals surface area (Å²) < 4.78 is 13.0. The van der Waals surface area contributed by atoms with Gasteiger partial charge in [0.2, 0.25) is 0 Å². The molecule has 0 heterocycles. The van der Waals surface area contributed by atoms with Crippen LogP contribution in [0, 0.1) is 26.6 Å². The van der Waals surface area contributed by atoms with Gasteiger partial charge in [-0.1, -0.05) is 24.3 Å². The molecule has 0 atom stereocenters.